The standard InChI is InChI=1S/C25H33N5O4S/c1-5-32-19-7-9-20(10-8-19)33-13-12-27-24(31)16-35-25-29-28-23(30(25)26)15-34-22-14-18(4)6-11-21(22)17(2)3/h6-11,14,17H,5,12-13,15-16,26H2,1-4H3,(H,27,31). The van der Waals surface area contributed by atoms with Crippen LogP contribution in [0.15, 0.2) is 47.6 Å². The van der Waals surface area contributed by atoms with Crippen LogP contribution in [0.1, 0.15) is 43.6 Å². The highest BCUT2D eigenvalue weighted by Gasteiger charge is 2.14. The summed E-state index contributed by atoms with van der Waals surface area (Å²) in [5.41, 5.74) is 2.24. The van der Waals surface area contributed by atoms with Gasteiger partial charge in [-0.2, -0.15) is 0 Å². The second kappa shape index (κ2) is 12.9. The van der Waals surface area contributed by atoms with Crippen molar-refractivity contribution < 1.29 is 19.0 Å². The number of hydrogen-bond donors (Lipinski definition) is 2. The van der Waals surface area contributed by atoms with E-state index in [9.17, 15) is 4.79 Å². The molecule has 0 spiro atoms. The van der Waals surface area contributed by atoms with Crippen molar-refractivity contribution >= 4 is 17.7 Å². The highest BCUT2D eigenvalue weighted by Crippen LogP contribution is 2.28. The third-order valence-electron chi connectivity index (χ3n) is 5.04. The Bertz CT molecular complexity index is 1100. The number of hydrogen-bond acceptors (Lipinski definition) is 8. The summed E-state index contributed by atoms with van der Waals surface area (Å²) in [5.74, 6) is 9.27. The molecule has 188 valence electrons. The molecular formula is C25H33N5O4S. The van der Waals surface area contributed by atoms with Crippen molar-refractivity contribution in [2.45, 2.75) is 45.4 Å². The number of benzene rings is 2. The smallest absolute Gasteiger partial charge is 0.230 e. The Labute approximate surface area is 210 Å². The highest BCUT2D eigenvalue weighted by atomic mass is 32.2. The Morgan fingerprint density at radius 1 is 1.09 bits per heavy atom. The number of nitrogens with zero attached hydrogens (tertiary/aromatic N) is 3. The maximum Gasteiger partial charge on any atom is 0.230 e. The summed E-state index contributed by atoms with van der Waals surface area (Å²) < 4.78 is 18.4. The molecule has 35 heavy (non-hydrogen) atoms. The van der Waals surface area contributed by atoms with Crippen LogP contribution in [0.4, 0.5) is 0 Å². The van der Waals surface area contributed by atoms with E-state index in [2.05, 4.69) is 41.5 Å². The monoisotopic (exact) mass is 499 g/mol. The van der Waals surface area contributed by atoms with E-state index in [1.807, 2.05) is 44.2 Å². The number of ether oxygens (including phenoxy) is 3. The van der Waals surface area contributed by atoms with Crippen molar-refractivity contribution in [2.75, 3.05) is 31.4 Å². The fourth-order valence-corrected chi connectivity index (χ4v) is 3.93. The zero-order valence-electron chi connectivity index (χ0n) is 20.6. The normalized spacial score (nSPS) is 10.9. The van der Waals surface area contributed by atoms with E-state index < -0.39 is 0 Å². The van der Waals surface area contributed by atoms with Crippen LogP contribution in [-0.4, -0.2) is 46.3 Å². The average molecular weight is 500 g/mol. The van der Waals surface area contributed by atoms with E-state index in [0.29, 0.717) is 42.4 Å². The van der Waals surface area contributed by atoms with Crippen molar-refractivity contribution in [3.8, 4) is 17.2 Å². The van der Waals surface area contributed by atoms with Crippen LogP contribution < -0.4 is 25.4 Å². The molecule has 0 aliphatic heterocycles. The van der Waals surface area contributed by atoms with Crippen LogP contribution in [0.3, 0.4) is 0 Å². The molecule has 1 aromatic heterocycles. The van der Waals surface area contributed by atoms with E-state index in [1.54, 1.807) is 0 Å². The van der Waals surface area contributed by atoms with Gasteiger partial charge >= 0.3 is 0 Å². The highest BCUT2D eigenvalue weighted by molar-refractivity contribution is 7.99. The van der Waals surface area contributed by atoms with Crippen LogP contribution in [-0.2, 0) is 11.4 Å². The molecule has 0 saturated carbocycles. The summed E-state index contributed by atoms with van der Waals surface area (Å²) >= 11 is 1.21. The number of aryl methyl sites for hydroxylation is 1. The predicted octanol–water partition coefficient (Wildman–Crippen LogP) is 3.69. The predicted molar refractivity (Wildman–Crippen MR) is 137 cm³/mol. The Hall–Kier alpha value is -3.40. The molecule has 0 bridgehead atoms. The quantitative estimate of drug-likeness (QED) is 0.208. The molecule has 0 aliphatic rings. The van der Waals surface area contributed by atoms with Gasteiger partial charge in [0.1, 0.15) is 30.5 Å². The fourth-order valence-electron chi connectivity index (χ4n) is 3.23. The molecule has 0 aliphatic carbocycles. The van der Waals surface area contributed by atoms with Crippen molar-refractivity contribution in [1.29, 1.82) is 0 Å². The van der Waals surface area contributed by atoms with Gasteiger partial charge in [-0.25, -0.2) is 4.68 Å². The third-order valence-corrected chi connectivity index (χ3v) is 5.99. The molecule has 9 nitrogen and oxygen atoms in total. The number of aromatic nitrogens is 3. The SMILES string of the molecule is CCOc1ccc(OCCNC(=O)CSc2nnc(COc3cc(C)ccc3C(C)C)n2N)cc1. The number of thioether (sulfide) groups is 1. The first-order valence-electron chi connectivity index (χ1n) is 11.5. The number of nitrogens with two attached hydrogens (primary N) is 1. The van der Waals surface area contributed by atoms with E-state index in [1.165, 1.54) is 16.4 Å². The number of rotatable bonds is 13. The fraction of sp³-hybridized carbons (Fsp3) is 0.400. The number of carbonyl (C=O) groups is 1. The summed E-state index contributed by atoms with van der Waals surface area (Å²) in [4.78, 5) is 12.2. The molecule has 0 saturated heterocycles. The van der Waals surface area contributed by atoms with Gasteiger partial charge in [-0.3, -0.25) is 4.79 Å². The molecular weight excluding hydrogens is 466 g/mol. The molecule has 0 unspecified atom stereocenters. The minimum Gasteiger partial charge on any atom is -0.494 e. The minimum absolute atomic E-state index is 0.146. The maximum absolute atomic E-state index is 12.2. The van der Waals surface area contributed by atoms with E-state index >= 15 is 0 Å². The van der Waals surface area contributed by atoms with Gasteiger partial charge in [0.2, 0.25) is 11.1 Å². The van der Waals surface area contributed by atoms with Crippen LogP contribution in [0, 0.1) is 6.92 Å². The first-order chi connectivity index (χ1) is 16.9. The minimum atomic E-state index is -0.146. The molecule has 0 radical (unpaired) electrons. The Morgan fingerprint density at radius 2 is 1.80 bits per heavy atom. The zero-order valence-corrected chi connectivity index (χ0v) is 21.4. The van der Waals surface area contributed by atoms with Gasteiger partial charge < -0.3 is 25.4 Å². The first-order valence-corrected chi connectivity index (χ1v) is 12.5. The van der Waals surface area contributed by atoms with Crippen molar-refractivity contribution in [2.24, 2.45) is 0 Å². The first kappa shape index (κ1) is 26.2. The molecule has 0 fully saturated rings. The molecule has 1 heterocycles. The summed E-state index contributed by atoms with van der Waals surface area (Å²) in [6, 6.07) is 13.5. The Balaban J connectivity index is 1.41. The van der Waals surface area contributed by atoms with Crippen LogP contribution in [0.5, 0.6) is 17.2 Å². The van der Waals surface area contributed by atoms with Gasteiger partial charge in [-0.15, -0.1) is 10.2 Å². The molecule has 10 heteroatoms. The van der Waals surface area contributed by atoms with E-state index in [0.717, 1.165) is 22.6 Å². The lowest BCUT2D eigenvalue weighted by atomic mass is 10.0. The van der Waals surface area contributed by atoms with Crippen molar-refractivity contribution in [3.63, 3.8) is 0 Å². The van der Waals surface area contributed by atoms with Crippen molar-refractivity contribution in [3.05, 3.63) is 59.4 Å². The van der Waals surface area contributed by atoms with Gasteiger partial charge in [-0.05, 0) is 61.2 Å². The molecule has 0 atom stereocenters. The largest absolute Gasteiger partial charge is 0.494 e. The van der Waals surface area contributed by atoms with Gasteiger partial charge in [0, 0.05) is 0 Å². The summed E-state index contributed by atoms with van der Waals surface area (Å²) in [5, 5.41) is 11.5. The van der Waals surface area contributed by atoms with Crippen molar-refractivity contribution in [1.82, 2.24) is 20.2 Å². The lowest BCUT2D eigenvalue weighted by Crippen LogP contribution is -2.29. The van der Waals surface area contributed by atoms with Gasteiger partial charge in [-0.1, -0.05) is 37.7 Å². The van der Waals surface area contributed by atoms with E-state index in [4.69, 9.17) is 20.1 Å². The van der Waals surface area contributed by atoms with Gasteiger partial charge in [0.15, 0.2) is 5.82 Å². The Kier molecular flexibility index (Phi) is 9.66. The molecule has 1 amide bonds. The maximum atomic E-state index is 12.2. The molecule has 3 N–H and O–H groups in total. The number of carbonyl (C=O) groups excluding carboxylic acids is 1. The Morgan fingerprint density at radius 3 is 2.49 bits per heavy atom. The number of amides is 1. The lowest BCUT2D eigenvalue weighted by molar-refractivity contribution is -0.118. The van der Waals surface area contributed by atoms with Gasteiger partial charge in [0.25, 0.3) is 0 Å². The average Bonchev–Trinajstić information content (AvgIpc) is 3.19. The number of nitrogen functional groups attached to an aromatic ring is 1. The van der Waals surface area contributed by atoms with Crippen LogP contribution in [0.2, 0.25) is 0 Å². The molecule has 3 rings (SSSR count). The summed E-state index contributed by atoms with van der Waals surface area (Å²) in [6.45, 7) is 9.74. The van der Waals surface area contributed by atoms with Crippen LogP contribution in [0.25, 0.3) is 0 Å². The molecule has 3 aromatic rings. The second-order valence-corrected chi connectivity index (χ2v) is 9.09. The molecule has 2 aromatic carbocycles. The second-order valence-electron chi connectivity index (χ2n) is 8.14. The van der Waals surface area contributed by atoms with E-state index in [-0.39, 0.29) is 18.3 Å². The third kappa shape index (κ3) is 7.81. The summed E-state index contributed by atoms with van der Waals surface area (Å²) in [7, 11) is 0. The van der Waals surface area contributed by atoms with Crippen LogP contribution >= 0.6 is 11.8 Å². The zero-order chi connectivity index (χ0) is 25.2. The topological polar surface area (TPSA) is 114 Å². The number of nitrogens with one attached hydrogen (secondary N) is 1. The summed E-state index contributed by atoms with van der Waals surface area (Å²) in [6.07, 6.45) is 0. The lowest BCUT2D eigenvalue weighted by Gasteiger charge is -2.14. The van der Waals surface area contributed by atoms with Gasteiger partial charge in [0.05, 0.1) is 18.9 Å².